The van der Waals surface area contributed by atoms with Crippen LogP contribution in [0.5, 0.6) is 5.75 Å². The van der Waals surface area contributed by atoms with E-state index in [9.17, 15) is 28.1 Å². The molecule has 33 heavy (non-hydrogen) atoms. The molecule has 0 amide bonds. The van der Waals surface area contributed by atoms with Gasteiger partial charge in [0.25, 0.3) is 11.5 Å². The topological polar surface area (TPSA) is 139 Å². The predicted molar refractivity (Wildman–Crippen MR) is 113 cm³/mol. The van der Waals surface area contributed by atoms with E-state index in [1.807, 2.05) is 0 Å². The van der Waals surface area contributed by atoms with Gasteiger partial charge in [-0.15, -0.1) is 0 Å². The quantitative estimate of drug-likeness (QED) is 0.160. The molecular formula is C22H19NO9S. The Bertz CT molecular complexity index is 1250. The maximum Gasteiger partial charge on any atom is 0.348 e. The van der Waals surface area contributed by atoms with E-state index in [4.69, 9.17) is 13.7 Å². The molecule has 1 saturated heterocycles. The minimum Gasteiger partial charge on any atom is -0.419 e. The molecule has 0 unspecified atom stereocenters. The molecular weight excluding hydrogens is 454 g/mol. The summed E-state index contributed by atoms with van der Waals surface area (Å²) in [5.74, 6) is -2.75. The monoisotopic (exact) mass is 473 g/mol. The van der Waals surface area contributed by atoms with Crippen molar-refractivity contribution in [3.63, 3.8) is 0 Å². The van der Waals surface area contributed by atoms with Crippen LogP contribution >= 0.6 is 0 Å². The maximum atomic E-state index is 12.5. The molecule has 1 heterocycles. The summed E-state index contributed by atoms with van der Waals surface area (Å²) in [6, 6.07) is 9.00. The molecule has 1 aliphatic heterocycles. The van der Waals surface area contributed by atoms with Gasteiger partial charge in [-0.25, -0.2) is 9.59 Å². The summed E-state index contributed by atoms with van der Waals surface area (Å²) in [4.78, 5) is 34.7. The highest BCUT2D eigenvalue weighted by Crippen LogP contribution is 2.38. The van der Waals surface area contributed by atoms with Crippen LogP contribution in [-0.2, 0) is 29.2 Å². The van der Waals surface area contributed by atoms with Crippen LogP contribution in [0.3, 0.4) is 0 Å². The van der Waals surface area contributed by atoms with Crippen molar-refractivity contribution in [3.05, 3.63) is 69.3 Å². The lowest BCUT2D eigenvalue weighted by atomic mass is 10.1. The van der Waals surface area contributed by atoms with Crippen LogP contribution in [0.1, 0.15) is 36.8 Å². The number of nitro benzene ring substituents is 1. The standard InChI is InChI=1S/C22H19NO9S/c1-14-4-9-17(13-19(14)23(26)27)33(28,29)32-16-7-5-15(6-8-16)12-18-20(24)30-22(31-21(18)25)10-2-3-11-22/h4-9,12-13H,2-3,10-11H2,1H3. The lowest BCUT2D eigenvalue weighted by molar-refractivity contribution is -0.385. The van der Waals surface area contributed by atoms with Gasteiger partial charge in [-0.3, -0.25) is 10.1 Å². The van der Waals surface area contributed by atoms with Crippen molar-refractivity contribution in [1.82, 2.24) is 0 Å². The van der Waals surface area contributed by atoms with Crippen LogP contribution in [0.15, 0.2) is 52.9 Å². The summed E-state index contributed by atoms with van der Waals surface area (Å²) >= 11 is 0. The Morgan fingerprint density at radius 3 is 2.21 bits per heavy atom. The smallest absolute Gasteiger partial charge is 0.348 e. The van der Waals surface area contributed by atoms with Crippen molar-refractivity contribution in [2.24, 2.45) is 0 Å². The molecule has 4 rings (SSSR count). The van der Waals surface area contributed by atoms with Crippen LogP contribution < -0.4 is 4.18 Å². The van der Waals surface area contributed by atoms with E-state index in [1.165, 1.54) is 49.4 Å². The fourth-order valence-corrected chi connectivity index (χ4v) is 4.64. The first-order chi connectivity index (χ1) is 15.6. The molecule has 0 aromatic heterocycles. The molecule has 10 nitrogen and oxygen atoms in total. The van der Waals surface area contributed by atoms with Crippen LogP contribution in [0.4, 0.5) is 5.69 Å². The molecule has 2 fully saturated rings. The zero-order valence-corrected chi connectivity index (χ0v) is 18.3. The highest BCUT2D eigenvalue weighted by atomic mass is 32.2. The summed E-state index contributed by atoms with van der Waals surface area (Å²) in [5, 5.41) is 11.1. The van der Waals surface area contributed by atoms with Gasteiger partial charge in [-0.1, -0.05) is 18.2 Å². The molecule has 0 atom stereocenters. The largest absolute Gasteiger partial charge is 0.419 e. The predicted octanol–water partition coefficient (Wildman–Crippen LogP) is 3.42. The number of hydrogen-bond acceptors (Lipinski definition) is 9. The van der Waals surface area contributed by atoms with Crippen molar-refractivity contribution in [3.8, 4) is 5.75 Å². The number of carbonyl (C=O) groups excluding carboxylic acids is 2. The Labute approximate surface area is 189 Å². The van der Waals surface area contributed by atoms with Crippen LogP contribution in [0.25, 0.3) is 6.08 Å². The van der Waals surface area contributed by atoms with Crippen molar-refractivity contribution in [2.75, 3.05) is 0 Å². The number of carbonyl (C=O) groups is 2. The Morgan fingerprint density at radius 2 is 1.64 bits per heavy atom. The Hall–Kier alpha value is -3.73. The number of benzene rings is 2. The molecule has 2 aromatic rings. The van der Waals surface area contributed by atoms with Crippen molar-refractivity contribution in [2.45, 2.75) is 43.3 Å². The van der Waals surface area contributed by atoms with Gasteiger partial charge >= 0.3 is 22.1 Å². The molecule has 2 aromatic carbocycles. The molecule has 0 N–H and O–H groups in total. The third-order valence-corrected chi connectivity index (χ3v) is 6.67. The van der Waals surface area contributed by atoms with Gasteiger partial charge in [0.1, 0.15) is 16.2 Å². The molecule has 0 bridgehead atoms. The van der Waals surface area contributed by atoms with Crippen LogP contribution in [0, 0.1) is 17.0 Å². The van der Waals surface area contributed by atoms with Gasteiger partial charge in [-0.05, 0) is 49.6 Å². The molecule has 2 aliphatic rings. The fourth-order valence-electron chi connectivity index (χ4n) is 3.69. The summed E-state index contributed by atoms with van der Waals surface area (Å²) in [6.07, 6.45) is 3.85. The van der Waals surface area contributed by atoms with E-state index in [0.29, 0.717) is 24.0 Å². The highest BCUT2D eigenvalue weighted by Gasteiger charge is 2.47. The lowest BCUT2D eigenvalue weighted by Crippen LogP contribution is -2.44. The first-order valence-electron chi connectivity index (χ1n) is 10.1. The minimum atomic E-state index is -4.32. The first kappa shape index (κ1) is 22.5. The number of esters is 2. The number of rotatable bonds is 5. The SMILES string of the molecule is Cc1ccc(S(=O)(=O)Oc2ccc(C=C3C(=O)OC4(CCCC4)OC3=O)cc2)cc1[N+](=O)[O-]. The van der Waals surface area contributed by atoms with Gasteiger partial charge in [0.15, 0.2) is 0 Å². The Kier molecular flexibility index (Phi) is 5.66. The van der Waals surface area contributed by atoms with Gasteiger partial charge in [0, 0.05) is 24.5 Å². The van der Waals surface area contributed by atoms with E-state index < -0.39 is 32.8 Å². The average Bonchev–Trinajstić information content (AvgIpc) is 3.19. The molecule has 0 radical (unpaired) electrons. The molecule has 1 spiro atoms. The Balaban J connectivity index is 1.51. The highest BCUT2D eigenvalue weighted by molar-refractivity contribution is 7.87. The molecule has 172 valence electrons. The summed E-state index contributed by atoms with van der Waals surface area (Å²) in [7, 11) is -4.32. The van der Waals surface area contributed by atoms with Crippen molar-refractivity contribution >= 4 is 33.8 Å². The summed E-state index contributed by atoms with van der Waals surface area (Å²) in [5.41, 5.74) is 0.125. The van der Waals surface area contributed by atoms with E-state index in [0.717, 1.165) is 18.9 Å². The van der Waals surface area contributed by atoms with Gasteiger partial charge in [0.05, 0.1) is 4.92 Å². The zero-order valence-electron chi connectivity index (χ0n) is 17.5. The number of ether oxygens (including phenoxy) is 2. The second-order valence-electron chi connectivity index (χ2n) is 7.77. The Morgan fingerprint density at radius 1 is 1.03 bits per heavy atom. The van der Waals surface area contributed by atoms with E-state index in [-0.39, 0.29) is 21.9 Å². The lowest BCUT2D eigenvalue weighted by Gasteiger charge is -2.32. The number of nitrogens with zero attached hydrogens (tertiary/aromatic N) is 1. The maximum absolute atomic E-state index is 12.5. The number of aryl methyl sites for hydroxylation is 1. The second kappa shape index (κ2) is 8.32. The second-order valence-corrected chi connectivity index (χ2v) is 9.31. The molecule has 1 saturated carbocycles. The first-order valence-corrected chi connectivity index (χ1v) is 11.5. The molecule has 1 aliphatic carbocycles. The van der Waals surface area contributed by atoms with E-state index in [1.54, 1.807) is 0 Å². The number of hydrogen-bond donors (Lipinski definition) is 0. The third-order valence-electron chi connectivity index (χ3n) is 5.43. The van der Waals surface area contributed by atoms with E-state index >= 15 is 0 Å². The summed E-state index contributed by atoms with van der Waals surface area (Å²) < 4.78 is 40.8. The minimum absolute atomic E-state index is 0.0564. The van der Waals surface area contributed by atoms with Crippen molar-refractivity contribution < 1.29 is 36.6 Å². The van der Waals surface area contributed by atoms with Crippen molar-refractivity contribution in [1.29, 1.82) is 0 Å². The molecule has 11 heteroatoms. The van der Waals surface area contributed by atoms with Gasteiger partial charge < -0.3 is 13.7 Å². The van der Waals surface area contributed by atoms with E-state index in [2.05, 4.69) is 0 Å². The normalized spacial score (nSPS) is 17.4. The van der Waals surface area contributed by atoms with Gasteiger partial charge in [0.2, 0.25) is 0 Å². The number of nitro groups is 1. The van der Waals surface area contributed by atoms with Crippen LogP contribution in [0.2, 0.25) is 0 Å². The fraction of sp³-hybridized carbons (Fsp3) is 0.273. The zero-order chi connectivity index (χ0) is 23.8. The summed E-state index contributed by atoms with van der Waals surface area (Å²) in [6.45, 7) is 1.49. The average molecular weight is 473 g/mol. The third kappa shape index (κ3) is 4.58. The van der Waals surface area contributed by atoms with Gasteiger partial charge in [-0.2, -0.15) is 8.42 Å². The van der Waals surface area contributed by atoms with Crippen LogP contribution in [-0.4, -0.2) is 31.1 Å².